The van der Waals surface area contributed by atoms with Gasteiger partial charge in [-0.05, 0) is 18.6 Å². The molecule has 5 nitrogen and oxygen atoms in total. The number of halogens is 1. The molecule has 0 aliphatic heterocycles. The van der Waals surface area contributed by atoms with Gasteiger partial charge in [0, 0.05) is 6.04 Å². The van der Waals surface area contributed by atoms with Crippen molar-refractivity contribution in [1.82, 2.24) is 4.72 Å². The summed E-state index contributed by atoms with van der Waals surface area (Å²) in [6, 6.07) is 5.41. The van der Waals surface area contributed by atoms with Crippen molar-refractivity contribution in [2.45, 2.75) is 37.1 Å². The van der Waals surface area contributed by atoms with Crippen LogP contribution < -0.4 is 4.72 Å². The Balaban J connectivity index is 2.94. The van der Waals surface area contributed by atoms with Crippen LogP contribution in [0.5, 0.6) is 0 Å². The minimum Gasteiger partial charge on any atom is -0.481 e. The van der Waals surface area contributed by atoms with E-state index < -0.39 is 22.0 Å². The predicted octanol–water partition coefficient (Wildman–Crippen LogP) is 2.26. The highest BCUT2D eigenvalue weighted by Gasteiger charge is 2.23. The van der Waals surface area contributed by atoms with Gasteiger partial charge in [0.05, 0.1) is 11.4 Å². The topological polar surface area (TPSA) is 83.5 Å². The van der Waals surface area contributed by atoms with Crippen LogP contribution in [0.4, 0.5) is 0 Å². The fourth-order valence-corrected chi connectivity index (χ4v) is 3.50. The Labute approximate surface area is 117 Å². The van der Waals surface area contributed by atoms with Crippen LogP contribution in [0, 0.1) is 0 Å². The van der Waals surface area contributed by atoms with E-state index in [0.717, 1.165) is 0 Å². The number of hydrogen-bond acceptors (Lipinski definition) is 3. The van der Waals surface area contributed by atoms with Gasteiger partial charge in [-0.1, -0.05) is 37.1 Å². The maximum atomic E-state index is 12.1. The Kier molecular flexibility index (Phi) is 5.78. The van der Waals surface area contributed by atoms with E-state index in [-0.39, 0.29) is 16.3 Å². The van der Waals surface area contributed by atoms with Crippen LogP contribution in [0.3, 0.4) is 0 Å². The first-order valence-corrected chi connectivity index (χ1v) is 7.71. The van der Waals surface area contributed by atoms with E-state index in [1.54, 1.807) is 12.1 Å². The largest absolute Gasteiger partial charge is 0.481 e. The maximum Gasteiger partial charge on any atom is 0.304 e. The summed E-state index contributed by atoms with van der Waals surface area (Å²) in [6.45, 7) is 1.86. The molecule has 1 aromatic rings. The standard InChI is InChI=1S/C12H16ClNO4S/c1-2-5-9(8-12(15)16)14-19(17,18)11-7-4-3-6-10(11)13/h3-4,6-7,9,14H,2,5,8H2,1H3,(H,15,16). The van der Waals surface area contributed by atoms with Gasteiger partial charge in [0.15, 0.2) is 0 Å². The third kappa shape index (κ3) is 4.81. The van der Waals surface area contributed by atoms with Crippen LogP contribution in [0.2, 0.25) is 5.02 Å². The molecule has 0 radical (unpaired) electrons. The molecule has 19 heavy (non-hydrogen) atoms. The number of nitrogens with one attached hydrogen (secondary N) is 1. The summed E-state index contributed by atoms with van der Waals surface area (Å²) in [7, 11) is -3.80. The van der Waals surface area contributed by atoms with E-state index in [1.807, 2.05) is 6.92 Å². The van der Waals surface area contributed by atoms with Crippen LogP contribution >= 0.6 is 11.6 Å². The molecular weight excluding hydrogens is 290 g/mol. The van der Waals surface area contributed by atoms with Crippen molar-refractivity contribution in [3.63, 3.8) is 0 Å². The molecule has 0 spiro atoms. The molecule has 0 bridgehead atoms. The SMILES string of the molecule is CCCC(CC(=O)O)NS(=O)(=O)c1ccccc1Cl. The van der Waals surface area contributed by atoms with Gasteiger partial charge < -0.3 is 5.11 Å². The molecule has 1 aromatic carbocycles. The fraction of sp³-hybridized carbons (Fsp3) is 0.417. The third-order valence-electron chi connectivity index (χ3n) is 2.51. The zero-order chi connectivity index (χ0) is 14.5. The van der Waals surface area contributed by atoms with Crippen LogP contribution in [0.15, 0.2) is 29.2 Å². The number of carboxylic acids is 1. The summed E-state index contributed by atoms with van der Waals surface area (Å²) in [6.07, 6.45) is 0.885. The molecule has 1 unspecified atom stereocenters. The van der Waals surface area contributed by atoms with Crippen LogP contribution in [0.1, 0.15) is 26.2 Å². The van der Waals surface area contributed by atoms with Crippen molar-refractivity contribution >= 4 is 27.6 Å². The van der Waals surface area contributed by atoms with Gasteiger partial charge in [0.1, 0.15) is 4.90 Å². The highest BCUT2D eigenvalue weighted by atomic mass is 35.5. The molecule has 0 heterocycles. The quantitative estimate of drug-likeness (QED) is 0.809. The first-order valence-electron chi connectivity index (χ1n) is 5.85. The highest BCUT2D eigenvalue weighted by molar-refractivity contribution is 7.89. The first kappa shape index (κ1) is 15.9. The Morgan fingerprint density at radius 2 is 2.05 bits per heavy atom. The molecule has 0 fully saturated rings. The van der Waals surface area contributed by atoms with Crippen molar-refractivity contribution in [1.29, 1.82) is 0 Å². The van der Waals surface area contributed by atoms with E-state index in [9.17, 15) is 13.2 Å². The van der Waals surface area contributed by atoms with Crippen LogP contribution in [-0.2, 0) is 14.8 Å². The Hall–Kier alpha value is -1.11. The third-order valence-corrected chi connectivity index (χ3v) is 4.53. The van der Waals surface area contributed by atoms with Gasteiger partial charge in [0.2, 0.25) is 10.0 Å². The molecule has 7 heteroatoms. The zero-order valence-corrected chi connectivity index (χ0v) is 12.0. The van der Waals surface area contributed by atoms with Crippen LogP contribution in [-0.4, -0.2) is 25.5 Å². The summed E-state index contributed by atoms with van der Waals surface area (Å²) in [5.74, 6) is -1.04. The summed E-state index contributed by atoms with van der Waals surface area (Å²) < 4.78 is 26.7. The number of hydrogen-bond donors (Lipinski definition) is 2. The molecule has 0 aromatic heterocycles. The molecular formula is C12H16ClNO4S. The molecule has 0 amide bonds. The second kappa shape index (κ2) is 6.88. The molecule has 0 saturated heterocycles. The summed E-state index contributed by atoms with van der Waals surface area (Å²) in [5, 5.41) is 8.88. The molecule has 1 atom stereocenters. The second-order valence-corrected chi connectivity index (χ2v) is 6.22. The highest BCUT2D eigenvalue weighted by Crippen LogP contribution is 2.21. The normalized spacial score (nSPS) is 13.2. The molecule has 0 aliphatic rings. The van der Waals surface area contributed by atoms with E-state index in [0.29, 0.717) is 12.8 Å². The number of carboxylic acid groups (broad SMARTS) is 1. The van der Waals surface area contributed by atoms with Crippen molar-refractivity contribution in [3.05, 3.63) is 29.3 Å². The summed E-state index contributed by atoms with van der Waals surface area (Å²) in [5.41, 5.74) is 0. The number of carbonyl (C=O) groups is 1. The Morgan fingerprint density at radius 1 is 1.42 bits per heavy atom. The summed E-state index contributed by atoms with van der Waals surface area (Å²) in [4.78, 5) is 10.7. The van der Waals surface area contributed by atoms with Crippen molar-refractivity contribution in [3.8, 4) is 0 Å². The van der Waals surface area contributed by atoms with Gasteiger partial charge in [-0.3, -0.25) is 4.79 Å². The minimum absolute atomic E-state index is 0.0387. The van der Waals surface area contributed by atoms with Gasteiger partial charge in [0.25, 0.3) is 0 Å². The summed E-state index contributed by atoms with van der Waals surface area (Å²) >= 11 is 5.84. The van der Waals surface area contributed by atoms with Gasteiger partial charge in [-0.15, -0.1) is 0 Å². The number of sulfonamides is 1. The molecule has 2 N–H and O–H groups in total. The Bertz CT molecular complexity index is 544. The average Bonchev–Trinajstić information content (AvgIpc) is 2.28. The van der Waals surface area contributed by atoms with E-state index >= 15 is 0 Å². The second-order valence-electron chi connectivity index (χ2n) is 4.14. The number of rotatable bonds is 7. The maximum absolute atomic E-state index is 12.1. The van der Waals surface area contributed by atoms with Crippen molar-refractivity contribution < 1.29 is 18.3 Å². The monoisotopic (exact) mass is 305 g/mol. The van der Waals surface area contributed by atoms with E-state index in [4.69, 9.17) is 16.7 Å². The lowest BCUT2D eigenvalue weighted by molar-refractivity contribution is -0.137. The molecule has 106 valence electrons. The molecule has 1 rings (SSSR count). The lowest BCUT2D eigenvalue weighted by Gasteiger charge is -2.16. The average molecular weight is 306 g/mol. The smallest absolute Gasteiger partial charge is 0.304 e. The van der Waals surface area contributed by atoms with Crippen molar-refractivity contribution in [2.75, 3.05) is 0 Å². The van der Waals surface area contributed by atoms with E-state index in [2.05, 4.69) is 4.72 Å². The molecule has 0 saturated carbocycles. The van der Waals surface area contributed by atoms with Gasteiger partial charge in [-0.2, -0.15) is 0 Å². The predicted molar refractivity (Wildman–Crippen MR) is 72.7 cm³/mol. The Morgan fingerprint density at radius 3 is 2.58 bits per heavy atom. The van der Waals surface area contributed by atoms with E-state index in [1.165, 1.54) is 12.1 Å². The van der Waals surface area contributed by atoms with Gasteiger partial charge >= 0.3 is 5.97 Å². The van der Waals surface area contributed by atoms with Crippen molar-refractivity contribution in [2.24, 2.45) is 0 Å². The van der Waals surface area contributed by atoms with Gasteiger partial charge in [-0.25, -0.2) is 13.1 Å². The lowest BCUT2D eigenvalue weighted by atomic mass is 10.1. The fourth-order valence-electron chi connectivity index (χ4n) is 1.71. The van der Waals surface area contributed by atoms with Crippen LogP contribution in [0.25, 0.3) is 0 Å². The zero-order valence-electron chi connectivity index (χ0n) is 10.5. The number of aliphatic carboxylic acids is 1. The lowest BCUT2D eigenvalue weighted by Crippen LogP contribution is -2.36. The number of benzene rings is 1. The minimum atomic E-state index is -3.80. The first-order chi connectivity index (χ1) is 8.86. The molecule has 0 aliphatic carbocycles.